The van der Waals surface area contributed by atoms with Gasteiger partial charge in [0.25, 0.3) is 0 Å². The van der Waals surface area contributed by atoms with E-state index >= 15 is 0 Å². The minimum absolute atomic E-state index is 0.0429. The Hall–Kier alpha value is -1.64. The molecule has 1 aromatic rings. The van der Waals surface area contributed by atoms with Crippen LogP contribution < -0.4 is 4.74 Å². The van der Waals surface area contributed by atoms with E-state index in [2.05, 4.69) is 0 Å². The van der Waals surface area contributed by atoms with Crippen molar-refractivity contribution < 1.29 is 14.3 Å². The zero-order valence-electron chi connectivity index (χ0n) is 9.16. The van der Waals surface area contributed by atoms with Crippen LogP contribution in [0.2, 0.25) is 0 Å². The van der Waals surface area contributed by atoms with Crippen molar-refractivity contribution in [1.82, 2.24) is 0 Å². The van der Waals surface area contributed by atoms with Gasteiger partial charge in [-0.05, 0) is 38.5 Å². The first kappa shape index (κ1) is 11.4. The second-order valence-corrected chi connectivity index (χ2v) is 3.26. The Balaban J connectivity index is 3.32. The molecular formula is C12H14O3. The van der Waals surface area contributed by atoms with Crippen molar-refractivity contribution in [3.05, 3.63) is 28.8 Å². The highest BCUT2D eigenvalue weighted by Crippen LogP contribution is 2.23. The lowest BCUT2D eigenvalue weighted by Gasteiger charge is -2.10. The van der Waals surface area contributed by atoms with Crippen molar-refractivity contribution in [2.24, 2.45) is 0 Å². The summed E-state index contributed by atoms with van der Waals surface area (Å²) < 4.78 is 5.30. The molecule has 0 aliphatic carbocycles. The summed E-state index contributed by atoms with van der Waals surface area (Å²) in [5.41, 5.74) is 1.72. The van der Waals surface area contributed by atoms with Gasteiger partial charge < -0.3 is 4.74 Å². The van der Waals surface area contributed by atoms with E-state index in [4.69, 9.17) is 4.74 Å². The maximum absolute atomic E-state index is 11.2. The largest absolute Gasteiger partial charge is 0.493 e. The molecule has 0 unspecified atom stereocenters. The molecule has 0 saturated carbocycles. The minimum atomic E-state index is -0.0429. The summed E-state index contributed by atoms with van der Waals surface area (Å²) in [4.78, 5) is 22.2. The molecule has 0 aromatic heterocycles. The van der Waals surface area contributed by atoms with Gasteiger partial charge in [-0.1, -0.05) is 0 Å². The predicted octanol–water partition coefficient (Wildman–Crippen LogP) is 2.41. The minimum Gasteiger partial charge on any atom is -0.493 e. The molecule has 15 heavy (non-hydrogen) atoms. The van der Waals surface area contributed by atoms with Gasteiger partial charge in [-0.2, -0.15) is 0 Å². The van der Waals surface area contributed by atoms with E-state index < -0.39 is 0 Å². The van der Waals surface area contributed by atoms with Crippen LogP contribution in [0.5, 0.6) is 5.75 Å². The Bertz CT molecular complexity index is 394. The maximum Gasteiger partial charge on any atom is 0.160 e. The standard InChI is InChI=1S/C12H14O3/c1-4-15-12-6-5-10(9(3)14)8(2)11(12)7-13/h5-7H,4H2,1-3H3. The second kappa shape index (κ2) is 4.73. The zero-order valence-corrected chi connectivity index (χ0v) is 9.16. The summed E-state index contributed by atoms with van der Waals surface area (Å²) in [6.07, 6.45) is 0.729. The number of rotatable bonds is 4. The summed E-state index contributed by atoms with van der Waals surface area (Å²) in [6, 6.07) is 3.35. The Morgan fingerprint density at radius 1 is 1.47 bits per heavy atom. The summed E-state index contributed by atoms with van der Waals surface area (Å²) in [7, 11) is 0. The number of Topliss-reactive ketones (excluding diaryl/α,β-unsaturated/α-hetero) is 1. The molecule has 1 rings (SSSR count). The number of carbonyl (C=O) groups is 2. The summed E-state index contributed by atoms with van der Waals surface area (Å²) >= 11 is 0. The van der Waals surface area contributed by atoms with E-state index in [-0.39, 0.29) is 5.78 Å². The lowest BCUT2D eigenvalue weighted by atomic mass is 10.00. The first-order chi connectivity index (χ1) is 7.11. The van der Waals surface area contributed by atoms with E-state index in [0.717, 1.165) is 6.29 Å². The van der Waals surface area contributed by atoms with Gasteiger partial charge in [0.15, 0.2) is 12.1 Å². The van der Waals surface area contributed by atoms with E-state index in [9.17, 15) is 9.59 Å². The van der Waals surface area contributed by atoms with Gasteiger partial charge in [0.1, 0.15) is 5.75 Å². The van der Waals surface area contributed by atoms with Gasteiger partial charge in [-0.15, -0.1) is 0 Å². The van der Waals surface area contributed by atoms with Gasteiger partial charge in [-0.25, -0.2) is 0 Å². The molecule has 0 radical (unpaired) electrons. The average molecular weight is 206 g/mol. The summed E-state index contributed by atoms with van der Waals surface area (Å²) in [5, 5.41) is 0. The Labute approximate surface area is 89.1 Å². The van der Waals surface area contributed by atoms with Crippen LogP contribution in [0.15, 0.2) is 12.1 Å². The highest BCUT2D eigenvalue weighted by atomic mass is 16.5. The van der Waals surface area contributed by atoms with Crippen LogP contribution in [-0.4, -0.2) is 18.7 Å². The monoisotopic (exact) mass is 206 g/mol. The Kier molecular flexibility index (Phi) is 3.61. The number of hydrogen-bond donors (Lipinski definition) is 0. The lowest BCUT2D eigenvalue weighted by molar-refractivity contribution is 0.101. The van der Waals surface area contributed by atoms with Gasteiger partial charge in [0, 0.05) is 5.56 Å². The van der Waals surface area contributed by atoms with Crippen LogP contribution >= 0.6 is 0 Å². The molecule has 0 atom stereocenters. The van der Waals surface area contributed by atoms with Gasteiger partial charge >= 0.3 is 0 Å². The quantitative estimate of drug-likeness (QED) is 0.561. The molecule has 3 nitrogen and oxygen atoms in total. The first-order valence-electron chi connectivity index (χ1n) is 4.84. The normalized spacial score (nSPS) is 9.80. The Morgan fingerprint density at radius 3 is 2.60 bits per heavy atom. The van der Waals surface area contributed by atoms with Gasteiger partial charge in [0.2, 0.25) is 0 Å². The molecule has 0 saturated heterocycles. The van der Waals surface area contributed by atoms with Crippen molar-refractivity contribution in [3.8, 4) is 5.75 Å². The summed E-state index contributed by atoms with van der Waals surface area (Å²) in [6.45, 7) is 5.59. The van der Waals surface area contributed by atoms with Crippen molar-refractivity contribution in [1.29, 1.82) is 0 Å². The van der Waals surface area contributed by atoms with Crippen molar-refractivity contribution >= 4 is 12.1 Å². The van der Waals surface area contributed by atoms with Crippen LogP contribution in [0.25, 0.3) is 0 Å². The molecule has 0 aliphatic heterocycles. The van der Waals surface area contributed by atoms with Crippen LogP contribution in [0.4, 0.5) is 0 Å². The van der Waals surface area contributed by atoms with Crippen molar-refractivity contribution in [3.63, 3.8) is 0 Å². The summed E-state index contributed by atoms with van der Waals surface area (Å²) in [5.74, 6) is 0.494. The highest BCUT2D eigenvalue weighted by molar-refractivity contribution is 5.98. The number of benzene rings is 1. The maximum atomic E-state index is 11.2. The number of ketones is 1. The SMILES string of the molecule is CCOc1ccc(C(C)=O)c(C)c1C=O. The molecule has 0 heterocycles. The molecule has 0 aliphatic rings. The fourth-order valence-corrected chi connectivity index (χ4v) is 1.51. The van der Waals surface area contributed by atoms with Gasteiger partial charge in [0.05, 0.1) is 12.2 Å². The van der Waals surface area contributed by atoms with Crippen molar-refractivity contribution in [2.75, 3.05) is 6.61 Å². The number of carbonyl (C=O) groups excluding carboxylic acids is 2. The molecule has 80 valence electrons. The van der Waals surface area contributed by atoms with E-state index in [1.807, 2.05) is 6.92 Å². The van der Waals surface area contributed by atoms with Crippen LogP contribution in [0, 0.1) is 6.92 Å². The third-order valence-corrected chi connectivity index (χ3v) is 2.27. The topological polar surface area (TPSA) is 43.4 Å². The smallest absolute Gasteiger partial charge is 0.160 e. The van der Waals surface area contributed by atoms with Crippen LogP contribution in [0.3, 0.4) is 0 Å². The molecule has 0 amide bonds. The van der Waals surface area contributed by atoms with Crippen LogP contribution in [0.1, 0.15) is 40.1 Å². The molecule has 0 fully saturated rings. The van der Waals surface area contributed by atoms with Gasteiger partial charge in [-0.3, -0.25) is 9.59 Å². The highest BCUT2D eigenvalue weighted by Gasteiger charge is 2.12. The molecule has 0 N–H and O–H groups in total. The predicted molar refractivity (Wildman–Crippen MR) is 57.7 cm³/mol. The molecule has 1 aromatic carbocycles. The van der Waals surface area contributed by atoms with E-state index in [0.29, 0.717) is 29.0 Å². The average Bonchev–Trinajstić information content (AvgIpc) is 2.18. The zero-order chi connectivity index (χ0) is 11.4. The Morgan fingerprint density at radius 2 is 2.13 bits per heavy atom. The second-order valence-electron chi connectivity index (χ2n) is 3.26. The molecule has 0 bridgehead atoms. The number of ether oxygens (including phenoxy) is 1. The third-order valence-electron chi connectivity index (χ3n) is 2.27. The fraction of sp³-hybridized carbons (Fsp3) is 0.333. The molecule has 3 heteroatoms. The number of hydrogen-bond acceptors (Lipinski definition) is 3. The van der Waals surface area contributed by atoms with Crippen LogP contribution in [-0.2, 0) is 0 Å². The van der Waals surface area contributed by atoms with E-state index in [1.165, 1.54) is 6.92 Å². The third kappa shape index (κ3) is 2.24. The first-order valence-corrected chi connectivity index (χ1v) is 4.84. The molecule has 0 spiro atoms. The molecular weight excluding hydrogens is 192 g/mol. The van der Waals surface area contributed by atoms with E-state index in [1.54, 1.807) is 19.1 Å². The van der Waals surface area contributed by atoms with Crippen molar-refractivity contribution in [2.45, 2.75) is 20.8 Å². The number of aldehydes is 1. The fourth-order valence-electron chi connectivity index (χ4n) is 1.51. The lowest BCUT2D eigenvalue weighted by Crippen LogP contribution is -2.03.